The molecule has 0 aliphatic carbocycles. The number of amides is 1. The third-order valence-electron chi connectivity index (χ3n) is 5.85. The summed E-state index contributed by atoms with van der Waals surface area (Å²) in [6.07, 6.45) is 0. The molecule has 6 nitrogen and oxygen atoms in total. The molecule has 0 unspecified atom stereocenters. The first-order valence-electron chi connectivity index (χ1n) is 11.0. The number of ether oxygens (including phenoxy) is 2. The fourth-order valence-corrected chi connectivity index (χ4v) is 4.10. The van der Waals surface area contributed by atoms with E-state index in [0.29, 0.717) is 25.4 Å². The molecule has 6 heteroatoms. The Bertz CT molecular complexity index is 1040. The molecule has 2 aromatic carbocycles. The fraction of sp³-hybridized carbons (Fsp3) is 0.400. The molecule has 1 amide bonds. The lowest BCUT2D eigenvalue weighted by Gasteiger charge is -2.26. The van der Waals surface area contributed by atoms with Gasteiger partial charge >= 0.3 is 0 Å². The molecular weight excluding hydrogens is 390 g/mol. The van der Waals surface area contributed by atoms with Gasteiger partial charge in [-0.25, -0.2) is 0 Å². The summed E-state index contributed by atoms with van der Waals surface area (Å²) in [5.41, 5.74) is 4.08. The standard InChI is InChI=1S/C25H31N3O3/c1-3-31-24-10-6-9-22-21(24)17-23(28(22)18-20-8-5-4-7-19(20)2)25(29)26-11-12-27-13-15-30-16-14-27/h4-10,17H,3,11-16,18H2,1-2H3,(H,26,29). The van der Waals surface area contributed by atoms with Gasteiger partial charge in [0, 0.05) is 38.1 Å². The number of rotatable bonds is 8. The van der Waals surface area contributed by atoms with Gasteiger partial charge in [-0.15, -0.1) is 0 Å². The Morgan fingerprint density at radius 2 is 1.94 bits per heavy atom. The van der Waals surface area contributed by atoms with Crippen LogP contribution in [-0.4, -0.2) is 61.4 Å². The Labute approximate surface area is 183 Å². The Balaban J connectivity index is 1.61. The zero-order valence-corrected chi connectivity index (χ0v) is 18.4. The predicted octanol–water partition coefficient (Wildman–Crippen LogP) is 3.46. The van der Waals surface area contributed by atoms with Crippen molar-refractivity contribution in [2.45, 2.75) is 20.4 Å². The molecule has 4 rings (SSSR count). The van der Waals surface area contributed by atoms with E-state index in [1.165, 1.54) is 11.1 Å². The largest absolute Gasteiger partial charge is 0.493 e. The zero-order chi connectivity index (χ0) is 21.6. The Morgan fingerprint density at radius 1 is 1.13 bits per heavy atom. The van der Waals surface area contributed by atoms with Gasteiger partial charge in [0.05, 0.1) is 25.3 Å². The van der Waals surface area contributed by atoms with Crippen molar-refractivity contribution in [1.29, 1.82) is 0 Å². The number of nitrogens with one attached hydrogen (secondary N) is 1. The maximum atomic E-state index is 13.2. The lowest BCUT2D eigenvalue weighted by atomic mass is 10.1. The number of morpholine rings is 1. The normalized spacial score (nSPS) is 14.6. The second-order valence-electron chi connectivity index (χ2n) is 7.87. The van der Waals surface area contributed by atoms with E-state index in [4.69, 9.17) is 9.47 Å². The minimum atomic E-state index is -0.0551. The molecule has 1 fully saturated rings. The summed E-state index contributed by atoms with van der Waals surface area (Å²) in [6, 6.07) is 16.3. The summed E-state index contributed by atoms with van der Waals surface area (Å²) in [7, 11) is 0. The van der Waals surface area contributed by atoms with Crippen molar-refractivity contribution in [2.75, 3.05) is 46.0 Å². The molecule has 164 valence electrons. The summed E-state index contributed by atoms with van der Waals surface area (Å²) in [6.45, 7) is 10.1. The van der Waals surface area contributed by atoms with Crippen LogP contribution in [0.2, 0.25) is 0 Å². The van der Waals surface area contributed by atoms with Gasteiger partial charge in [-0.05, 0) is 43.2 Å². The van der Waals surface area contributed by atoms with E-state index in [1.807, 2.05) is 37.3 Å². The summed E-state index contributed by atoms with van der Waals surface area (Å²) in [4.78, 5) is 15.5. The molecule has 1 aromatic heterocycles. The van der Waals surface area contributed by atoms with Gasteiger partial charge in [-0.3, -0.25) is 9.69 Å². The molecule has 0 atom stereocenters. The third kappa shape index (κ3) is 4.92. The van der Waals surface area contributed by atoms with Gasteiger partial charge in [0.1, 0.15) is 11.4 Å². The minimum absolute atomic E-state index is 0.0551. The van der Waals surface area contributed by atoms with Gasteiger partial charge in [0.15, 0.2) is 0 Å². The molecule has 1 aliphatic rings. The Morgan fingerprint density at radius 3 is 2.71 bits per heavy atom. The molecule has 0 radical (unpaired) electrons. The van der Waals surface area contributed by atoms with Crippen LogP contribution < -0.4 is 10.1 Å². The van der Waals surface area contributed by atoms with Crippen LogP contribution >= 0.6 is 0 Å². The van der Waals surface area contributed by atoms with Crippen LogP contribution in [-0.2, 0) is 11.3 Å². The number of aromatic nitrogens is 1. The second kappa shape index (κ2) is 9.98. The lowest BCUT2D eigenvalue weighted by Crippen LogP contribution is -2.41. The highest BCUT2D eigenvalue weighted by atomic mass is 16.5. The topological polar surface area (TPSA) is 55.7 Å². The molecule has 0 bridgehead atoms. The second-order valence-corrected chi connectivity index (χ2v) is 7.87. The van der Waals surface area contributed by atoms with E-state index >= 15 is 0 Å². The van der Waals surface area contributed by atoms with Crippen LogP contribution in [0.25, 0.3) is 10.9 Å². The average molecular weight is 422 g/mol. The van der Waals surface area contributed by atoms with E-state index in [2.05, 4.69) is 39.9 Å². The number of carbonyl (C=O) groups is 1. The molecule has 0 spiro atoms. The van der Waals surface area contributed by atoms with Crippen LogP contribution in [0, 0.1) is 6.92 Å². The summed E-state index contributed by atoms with van der Waals surface area (Å²) >= 11 is 0. The number of fused-ring (bicyclic) bond motifs is 1. The molecule has 0 saturated carbocycles. The first kappa shape index (κ1) is 21.4. The smallest absolute Gasteiger partial charge is 0.268 e. The summed E-state index contributed by atoms with van der Waals surface area (Å²) in [5, 5.41) is 4.09. The number of carbonyl (C=O) groups excluding carboxylic acids is 1. The van der Waals surface area contributed by atoms with Crippen molar-refractivity contribution >= 4 is 16.8 Å². The van der Waals surface area contributed by atoms with Crippen molar-refractivity contribution in [3.8, 4) is 5.75 Å². The molecule has 1 saturated heterocycles. The zero-order valence-electron chi connectivity index (χ0n) is 18.4. The monoisotopic (exact) mass is 421 g/mol. The van der Waals surface area contributed by atoms with Gasteiger partial charge in [-0.1, -0.05) is 30.3 Å². The highest BCUT2D eigenvalue weighted by Gasteiger charge is 2.19. The van der Waals surface area contributed by atoms with Crippen LogP contribution in [0.1, 0.15) is 28.5 Å². The quantitative estimate of drug-likeness (QED) is 0.605. The lowest BCUT2D eigenvalue weighted by molar-refractivity contribution is 0.0383. The van der Waals surface area contributed by atoms with Crippen molar-refractivity contribution in [3.05, 3.63) is 65.4 Å². The van der Waals surface area contributed by atoms with E-state index in [1.54, 1.807) is 0 Å². The van der Waals surface area contributed by atoms with Crippen LogP contribution in [0.4, 0.5) is 0 Å². The van der Waals surface area contributed by atoms with Crippen LogP contribution in [0.3, 0.4) is 0 Å². The fourth-order valence-electron chi connectivity index (χ4n) is 4.10. The van der Waals surface area contributed by atoms with Crippen molar-refractivity contribution in [2.24, 2.45) is 0 Å². The van der Waals surface area contributed by atoms with E-state index < -0.39 is 0 Å². The van der Waals surface area contributed by atoms with Crippen LogP contribution in [0.5, 0.6) is 5.75 Å². The highest BCUT2D eigenvalue weighted by molar-refractivity contribution is 6.00. The Hall–Kier alpha value is -2.83. The van der Waals surface area contributed by atoms with Gasteiger partial charge in [0.25, 0.3) is 5.91 Å². The molecule has 3 aromatic rings. The van der Waals surface area contributed by atoms with Gasteiger partial charge in [0.2, 0.25) is 0 Å². The van der Waals surface area contributed by atoms with Crippen molar-refractivity contribution in [1.82, 2.24) is 14.8 Å². The SMILES string of the molecule is CCOc1cccc2c1cc(C(=O)NCCN1CCOCC1)n2Cc1ccccc1C. The number of hydrogen-bond donors (Lipinski definition) is 1. The molecule has 2 heterocycles. The summed E-state index contributed by atoms with van der Waals surface area (Å²) < 4.78 is 13.3. The van der Waals surface area contributed by atoms with Gasteiger partial charge in [-0.2, -0.15) is 0 Å². The Kier molecular flexibility index (Phi) is 6.89. The maximum absolute atomic E-state index is 13.2. The molecule has 1 N–H and O–H groups in total. The van der Waals surface area contributed by atoms with Crippen molar-refractivity contribution in [3.63, 3.8) is 0 Å². The first-order chi connectivity index (χ1) is 15.2. The van der Waals surface area contributed by atoms with Crippen LogP contribution in [0.15, 0.2) is 48.5 Å². The number of hydrogen-bond acceptors (Lipinski definition) is 4. The van der Waals surface area contributed by atoms with E-state index in [-0.39, 0.29) is 5.91 Å². The summed E-state index contributed by atoms with van der Waals surface area (Å²) in [5.74, 6) is 0.756. The maximum Gasteiger partial charge on any atom is 0.268 e. The predicted molar refractivity (Wildman–Crippen MR) is 123 cm³/mol. The minimum Gasteiger partial charge on any atom is -0.493 e. The average Bonchev–Trinajstić information content (AvgIpc) is 3.16. The third-order valence-corrected chi connectivity index (χ3v) is 5.85. The molecular formula is C25H31N3O3. The van der Waals surface area contributed by atoms with E-state index in [9.17, 15) is 4.79 Å². The number of aryl methyl sites for hydroxylation is 1. The van der Waals surface area contributed by atoms with Crippen molar-refractivity contribution < 1.29 is 14.3 Å². The molecule has 31 heavy (non-hydrogen) atoms. The highest BCUT2D eigenvalue weighted by Crippen LogP contribution is 2.30. The number of benzene rings is 2. The molecule has 1 aliphatic heterocycles. The van der Waals surface area contributed by atoms with Gasteiger partial charge < -0.3 is 19.4 Å². The number of nitrogens with zero attached hydrogens (tertiary/aromatic N) is 2. The van der Waals surface area contributed by atoms with E-state index in [0.717, 1.165) is 49.5 Å². The first-order valence-corrected chi connectivity index (χ1v) is 11.0.